The Morgan fingerprint density at radius 2 is 2.16 bits per heavy atom. The van der Waals surface area contributed by atoms with Crippen LogP contribution in [0.4, 0.5) is 11.5 Å². The Bertz CT molecular complexity index is 747. The number of methoxy groups -OCH3 is 1. The van der Waals surface area contributed by atoms with Gasteiger partial charge in [0.25, 0.3) is 0 Å². The maximum atomic E-state index is 11.2. The van der Waals surface area contributed by atoms with Gasteiger partial charge in [0.05, 0.1) is 11.5 Å². The van der Waals surface area contributed by atoms with Gasteiger partial charge < -0.3 is 14.2 Å². The van der Waals surface area contributed by atoms with Gasteiger partial charge in [-0.05, 0) is 15.9 Å². The largest absolute Gasteiger partial charge is 0.377 e. The fourth-order valence-corrected chi connectivity index (χ4v) is 2.97. The molecular formula is C14H17BrN6O4. The van der Waals surface area contributed by atoms with Crippen LogP contribution < -0.4 is 4.90 Å². The third-order valence-corrected chi connectivity index (χ3v) is 4.26. The van der Waals surface area contributed by atoms with Crippen molar-refractivity contribution in [1.82, 2.24) is 20.0 Å². The lowest BCUT2D eigenvalue weighted by Gasteiger charge is -2.34. The minimum atomic E-state index is -0.408. The highest BCUT2D eigenvalue weighted by atomic mass is 79.9. The minimum Gasteiger partial charge on any atom is -0.377 e. The molecule has 2 aromatic rings. The predicted molar refractivity (Wildman–Crippen MR) is 91.1 cm³/mol. The van der Waals surface area contributed by atoms with E-state index in [2.05, 4.69) is 36.0 Å². The van der Waals surface area contributed by atoms with Crippen LogP contribution in [0.25, 0.3) is 0 Å². The molecule has 3 heterocycles. The molecule has 134 valence electrons. The summed E-state index contributed by atoms with van der Waals surface area (Å²) in [5.41, 5.74) is 0.00364. The highest BCUT2D eigenvalue weighted by Gasteiger charge is 2.26. The Hall–Kier alpha value is -2.11. The molecule has 0 aliphatic carbocycles. The SMILES string of the molecule is COCc1noc(CN2CCN(c3ncc(Br)cc3[N+](=O)[O-])CC2)n1. The van der Waals surface area contributed by atoms with Crippen LogP contribution in [0, 0.1) is 10.1 Å². The summed E-state index contributed by atoms with van der Waals surface area (Å²) in [6, 6.07) is 1.48. The van der Waals surface area contributed by atoms with E-state index >= 15 is 0 Å². The number of anilines is 1. The molecule has 2 aromatic heterocycles. The van der Waals surface area contributed by atoms with E-state index in [9.17, 15) is 10.1 Å². The Balaban J connectivity index is 1.61. The van der Waals surface area contributed by atoms with Gasteiger partial charge in [0.1, 0.15) is 6.61 Å². The van der Waals surface area contributed by atoms with Crippen LogP contribution in [0.2, 0.25) is 0 Å². The van der Waals surface area contributed by atoms with Crippen molar-refractivity contribution in [3.8, 4) is 0 Å². The van der Waals surface area contributed by atoms with Crippen molar-refractivity contribution in [2.45, 2.75) is 13.2 Å². The van der Waals surface area contributed by atoms with Crippen molar-refractivity contribution < 1.29 is 14.2 Å². The summed E-state index contributed by atoms with van der Waals surface area (Å²) < 4.78 is 10.7. The molecule has 0 bridgehead atoms. The van der Waals surface area contributed by atoms with Crippen molar-refractivity contribution in [2.75, 3.05) is 38.2 Å². The van der Waals surface area contributed by atoms with Crippen molar-refractivity contribution in [1.29, 1.82) is 0 Å². The quantitative estimate of drug-likeness (QED) is 0.515. The molecule has 0 atom stereocenters. The van der Waals surface area contributed by atoms with Crippen LogP contribution in [0.1, 0.15) is 11.7 Å². The summed E-state index contributed by atoms with van der Waals surface area (Å²) >= 11 is 3.22. The average Bonchev–Trinajstić information content (AvgIpc) is 3.03. The summed E-state index contributed by atoms with van der Waals surface area (Å²) in [4.78, 5) is 23.4. The van der Waals surface area contributed by atoms with E-state index in [-0.39, 0.29) is 5.69 Å². The molecule has 1 aliphatic heterocycles. The second-order valence-corrected chi connectivity index (χ2v) is 6.47. The minimum absolute atomic E-state index is 0.00364. The lowest BCUT2D eigenvalue weighted by atomic mass is 10.3. The average molecular weight is 413 g/mol. The molecule has 0 amide bonds. The lowest BCUT2D eigenvalue weighted by molar-refractivity contribution is -0.384. The van der Waals surface area contributed by atoms with Crippen LogP contribution >= 0.6 is 15.9 Å². The summed E-state index contributed by atoms with van der Waals surface area (Å²) in [5, 5.41) is 15.1. The zero-order valence-corrected chi connectivity index (χ0v) is 15.2. The second-order valence-electron chi connectivity index (χ2n) is 5.55. The smallest absolute Gasteiger partial charge is 0.312 e. The number of ether oxygens (including phenoxy) is 1. The zero-order chi connectivity index (χ0) is 17.8. The topological polar surface area (TPSA) is 111 Å². The Morgan fingerprint density at radius 1 is 1.40 bits per heavy atom. The van der Waals surface area contributed by atoms with Gasteiger partial charge in [0.2, 0.25) is 11.7 Å². The van der Waals surface area contributed by atoms with Crippen molar-refractivity contribution in [3.05, 3.63) is 38.6 Å². The summed E-state index contributed by atoms with van der Waals surface area (Å²) in [6.07, 6.45) is 1.57. The monoisotopic (exact) mass is 412 g/mol. The van der Waals surface area contributed by atoms with Crippen molar-refractivity contribution in [3.63, 3.8) is 0 Å². The maximum absolute atomic E-state index is 11.2. The van der Waals surface area contributed by atoms with E-state index in [1.807, 2.05) is 4.90 Å². The number of nitrogens with zero attached hydrogens (tertiary/aromatic N) is 6. The number of rotatable bonds is 6. The van der Waals surface area contributed by atoms with E-state index in [0.29, 0.717) is 48.2 Å². The molecule has 1 aliphatic rings. The molecule has 0 unspecified atom stereocenters. The van der Waals surface area contributed by atoms with Crippen LogP contribution in [-0.4, -0.2) is 58.2 Å². The van der Waals surface area contributed by atoms with Gasteiger partial charge >= 0.3 is 5.69 Å². The highest BCUT2D eigenvalue weighted by Crippen LogP contribution is 2.29. The first-order valence-electron chi connectivity index (χ1n) is 7.64. The number of piperazine rings is 1. The first-order valence-corrected chi connectivity index (χ1v) is 8.43. The van der Waals surface area contributed by atoms with E-state index in [0.717, 1.165) is 13.1 Å². The third kappa shape index (κ3) is 4.30. The summed E-state index contributed by atoms with van der Waals surface area (Å²) in [7, 11) is 1.57. The molecule has 1 fully saturated rings. The van der Waals surface area contributed by atoms with Gasteiger partial charge in [0.15, 0.2) is 5.82 Å². The fourth-order valence-electron chi connectivity index (χ4n) is 2.65. The van der Waals surface area contributed by atoms with Crippen molar-refractivity contribution in [2.24, 2.45) is 0 Å². The maximum Gasteiger partial charge on any atom is 0.312 e. The van der Waals surface area contributed by atoms with E-state index in [4.69, 9.17) is 9.26 Å². The highest BCUT2D eigenvalue weighted by molar-refractivity contribution is 9.10. The molecule has 11 heteroatoms. The van der Waals surface area contributed by atoms with Gasteiger partial charge in [-0.15, -0.1) is 0 Å². The fraction of sp³-hybridized carbons (Fsp3) is 0.500. The Kier molecular flexibility index (Phi) is 5.56. The zero-order valence-electron chi connectivity index (χ0n) is 13.6. The van der Waals surface area contributed by atoms with Gasteiger partial charge in [-0.2, -0.15) is 4.98 Å². The molecule has 0 aromatic carbocycles. The molecule has 0 radical (unpaired) electrons. The molecule has 0 N–H and O–H groups in total. The predicted octanol–water partition coefficient (Wildman–Crippen LogP) is 1.60. The first kappa shape index (κ1) is 17.7. The van der Waals surface area contributed by atoms with Crippen molar-refractivity contribution >= 4 is 27.4 Å². The summed E-state index contributed by atoms with van der Waals surface area (Å²) in [6.45, 7) is 3.56. The molecule has 1 saturated heterocycles. The van der Waals surface area contributed by atoms with Crippen LogP contribution in [0.15, 0.2) is 21.3 Å². The summed E-state index contributed by atoms with van der Waals surface area (Å²) in [5.74, 6) is 1.45. The number of nitro groups is 1. The third-order valence-electron chi connectivity index (χ3n) is 3.82. The number of hydrogen-bond donors (Lipinski definition) is 0. The van der Waals surface area contributed by atoms with Gasteiger partial charge in [-0.3, -0.25) is 15.0 Å². The molecular weight excluding hydrogens is 396 g/mol. The number of aromatic nitrogens is 3. The lowest BCUT2D eigenvalue weighted by Crippen LogP contribution is -2.46. The normalized spacial score (nSPS) is 15.5. The molecule has 3 rings (SSSR count). The van der Waals surface area contributed by atoms with Gasteiger partial charge in [-0.1, -0.05) is 5.16 Å². The second kappa shape index (κ2) is 7.85. The molecule has 25 heavy (non-hydrogen) atoms. The van der Waals surface area contributed by atoms with Crippen LogP contribution in [0.5, 0.6) is 0 Å². The Labute approximate surface area is 152 Å². The molecule has 0 saturated carbocycles. The first-order chi connectivity index (χ1) is 12.1. The molecule has 10 nitrogen and oxygen atoms in total. The van der Waals surface area contributed by atoms with E-state index < -0.39 is 4.92 Å². The Morgan fingerprint density at radius 3 is 2.84 bits per heavy atom. The number of pyridine rings is 1. The van der Waals surface area contributed by atoms with Gasteiger partial charge in [-0.25, -0.2) is 4.98 Å². The van der Waals surface area contributed by atoms with E-state index in [1.165, 1.54) is 6.07 Å². The number of hydrogen-bond acceptors (Lipinski definition) is 9. The standard InChI is InChI=1S/C14H17BrN6O4/c1-24-9-12-17-13(25-18-12)8-19-2-4-20(5-3-19)14-11(21(22)23)6-10(15)7-16-14/h6-7H,2-5,8-9H2,1H3. The number of halogens is 1. The van der Waals surface area contributed by atoms with Crippen LogP contribution in [0.3, 0.4) is 0 Å². The van der Waals surface area contributed by atoms with Gasteiger partial charge in [0, 0.05) is 50.0 Å². The molecule has 0 spiro atoms. The van der Waals surface area contributed by atoms with Crippen LogP contribution in [-0.2, 0) is 17.9 Å². The van der Waals surface area contributed by atoms with E-state index in [1.54, 1.807) is 13.3 Å².